The van der Waals surface area contributed by atoms with Crippen LogP contribution in [0.2, 0.25) is 0 Å². The van der Waals surface area contributed by atoms with Crippen molar-refractivity contribution >= 4 is 24.2 Å². The summed E-state index contributed by atoms with van der Waals surface area (Å²) >= 11 is 0. The molecule has 0 bridgehead atoms. The summed E-state index contributed by atoms with van der Waals surface area (Å²) in [6, 6.07) is 0.141. The number of nitrogens with one attached hydrogen (secondary N) is 2. The van der Waals surface area contributed by atoms with Crippen LogP contribution in [0.15, 0.2) is 0 Å². The minimum atomic E-state index is -0.378. The van der Waals surface area contributed by atoms with E-state index < -0.39 is 0 Å². The largest absolute Gasteiger partial charge is 0.354 e. The highest BCUT2D eigenvalue weighted by Gasteiger charge is 2.28. The Bertz CT molecular complexity index is 309. The van der Waals surface area contributed by atoms with E-state index >= 15 is 0 Å². The summed E-state index contributed by atoms with van der Waals surface area (Å²) in [5, 5.41) is 5.76. The predicted octanol–water partition coefficient (Wildman–Crippen LogP) is 1.59. The van der Waals surface area contributed by atoms with Crippen molar-refractivity contribution in [2.75, 3.05) is 6.54 Å². The Morgan fingerprint density at radius 3 is 2.00 bits per heavy atom. The maximum Gasteiger partial charge on any atom is 0.220 e. The Morgan fingerprint density at radius 2 is 1.60 bits per heavy atom. The van der Waals surface area contributed by atoms with Gasteiger partial charge < -0.3 is 16.4 Å². The lowest BCUT2D eigenvalue weighted by molar-refractivity contribution is -0.124. The lowest BCUT2D eigenvalue weighted by Gasteiger charge is -2.33. The fourth-order valence-electron chi connectivity index (χ4n) is 1.62. The second kappa shape index (κ2) is 10.00. The van der Waals surface area contributed by atoms with E-state index in [4.69, 9.17) is 5.73 Å². The molecule has 4 N–H and O–H groups in total. The summed E-state index contributed by atoms with van der Waals surface area (Å²) in [7, 11) is 0. The van der Waals surface area contributed by atoms with Gasteiger partial charge in [0.2, 0.25) is 11.8 Å². The number of nitrogens with two attached hydrogens (primary N) is 1. The van der Waals surface area contributed by atoms with E-state index in [1.165, 1.54) is 0 Å². The topological polar surface area (TPSA) is 84.2 Å². The summed E-state index contributed by atoms with van der Waals surface area (Å²) in [6.45, 7) is 10.2. The zero-order valence-corrected chi connectivity index (χ0v) is 14.1. The molecule has 0 aliphatic carbocycles. The maximum absolute atomic E-state index is 11.8. The third-order valence-corrected chi connectivity index (χ3v) is 3.38. The van der Waals surface area contributed by atoms with E-state index in [-0.39, 0.29) is 41.7 Å². The highest BCUT2D eigenvalue weighted by molar-refractivity contribution is 5.85. The summed E-state index contributed by atoms with van der Waals surface area (Å²) in [5.74, 6) is 0.220. The van der Waals surface area contributed by atoms with Gasteiger partial charge in [0.15, 0.2) is 0 Å². The highest BCUT2D eigenvalue weighted by atomic mass is 35.5. The molecule has 5 nitrogen and oxygen atoms in total. The van der Waals surface area contributed by atoms with Crippen molar-refractivity contribution in [2.45, 2.75) is 65.5 Å². The molecule has 1 unspecified atom stereocenters. The molecule has 0 aliphatic heterocycles. The van der Waals surface area contributed by atoms with E-state index in [9.17, 15) is 9.59 Å². The van der Waals surface area contributed by atoms with Crippen molar-refractivity contribution in [3.63, 3.8) is 0 Å². The summed E-state index contributed by atoms with van der Waals surface area (Å²) < 4.78 is 0. The van der Waals surface area contributed by atoms with Gasteiger partial charge in [-0.1, -0.05) is 13.8 Å². The Morgan fingerprint density at radius 1 is 1.10 bits per heavy atom. The highest BCUT2D eigenvalue weighted by Crippen LogP contribution is 2.15. The standard InChI is InChI=1S/C14H29N3O2.ClH/c1-10(2)14(5,9-15)17-13(19)8-6-7-12(18)16-11(3)4;/h10-11H,6-9,15H2,1-5H3,(H,16,18)(H,17,19);1H. The molecule has 0 saturated heterocycles. The molecular formula is C14H30ClN3O2. The van der Waals surface area contributed by atoms with Gasteiger partial charge in [0.05, 0.1) is 5.54 Å². The number of hydrogen-bond acceptors (Lipinski definition) is 3. The van der Waals surface area contributed by atoms with Crippen LogP contribution in [0, 0.1) is 5.92 Å². The van der Waals surface area contributed by atoms with Gasteiger partial charge in [-0.25, -0.2) is 0 Å². The van der Waals surface area contributed by atoms with Gasteiger partial charge in [-0.2, -0.15) is 0 Å². The molecule has 0 aromatic carbocycles. The average molecular weight is 308 g/mol. The normalized spacial score (nSPS) is 13.6. The van der Waals surface area contributed by atoms with Crippen molar-refractivity contribution < 1.29 is 9.59 Å². The van der Waals surface area contributed by atoms with Crippen LogP contribution in [0.4, 0.5) is 0 Å². The van der Waals surface area contributed by atoms with Crippen LogP contribution in [0.1, 0.15) is 53.9 Å². The molecule has 0 fully saturated rings. The molecule has 0 spiro atoms. The fourth-order valence-corrected chi connectivity index (χ4v) is 1.62. The lowest BCUT2D eigenvalue weighted by atomic mass is 9.88. The van der Waals surface area contributed by atoms with Crippen molar-refractivity contribution in [2.24, 2.45) is 11.7 Å². The smallest absolute Gasteiger partial charge is 0.220 e. The van der Waals surface area contributed by atoms with Crippen LogP contribution in [0.5, 0.6) is 0 Å². The van der Waals surface area contributed by atoms with Crippen molar-refractivity contribution in [3.05, 3.63) is 0 Å². The van der Waals surface area contributed by atoms with E-state index in [0.29, 0.717) is 25.8 Å². The van der Waals surface area contributed by atoms with Gasteiger partial charge in [0, 0.05) is 25.4 Å². The number of rotatable bonds is 8. The van der Waals surface area contributed by atoms with Crippen LogP contribution in [-0.4, -0.2) is 29.9 Å². The van der Waals surface area contributed by atoms with Gasteiger partial charge in [-0.15, -0.1) is 12.4 Å². The van der Waals surface area contributed by atoms with Crippen LogP contribution in [0.25, 0.3) is 0 Å². The minimum absolute atomic E-state index is 0. The summed E-state index contributed by atoms with van der Waals surface area (Å²) in [4.78, 5) is 23.2. The molecule has 0 aromatic heterocycles. The molecule has 0 radical (unpaired) electrons. The number of amides is 2. The monoisotopic (exact) mass is 307 g/mol. The lowest BCUT2D eigenvalue weighted by Crippen LogP contribution is -2.55. The van der Waals surface area contributed by atoms with Crippen molar-refractivity contribution in [1.29, 1.82) is 0 Å². The van der Waals surface area contributed by atoms with Crippen LogP contribution in [0.3, 0.4) is 0 Å². The summed E-state index contributed by atoms with van der Waals surface area (Å²) in [6.07, 6.45) is 1.30. The zero-order chi connectivity index (χ0) is 15.1. The first-order valence-electron chi connectivity index (χ1n) is 7.01. The van der Waals surface area contributed by atoms with Crippen LogP contribution in [-0.2, 0) is 9.59 Å². The number of carbonyl (C=O) groups excluding carboxylic acids is 2. The molecule has 120 valence electrons. The average Bonchev–Trinajstić information content (AvgIpc) is 2.27. The Balaban J connectivity index is 0. The third-order valence-electron chi connectivity index (χ3n) is 3.38. The van der Waals surface area contributed by atoms with E-state index in [2.05, 4.69) is 10.6 Å². The Labute approximate surface area is 128 Å². The number of carbonyl (C=O) groups is 2. The third kappa shape index (κ3) is 8.38. The molecule has 0 saturated carbocycles. The maximum atomic E-state index is 11.8. The molecule has 0 aliphatic rings. The van der Waals surface area contributed by atoms with Gasteiger partial charge in [-0.3, -0.25) is 9.59 Å². The number of hydrogen-bond donors (Lipinski definition) is 3. The number of halogens is 1. The minimum Gasteiger partial charge on any atom is -0.354 e. The Hall–Kier alpha value is -0.810. The Kier molecular flexibility index (Phi) is 10.7. The van der Waals surface area contributed by atoms with Gasteiger partial charge >= 0.3 is 0 Å². The van der Waals surface area contributed by atoms with Crippen molar-refractivity contribution in [1.82, 2.24) is 10.6 Å². The molecule has 1 atom stereocenters. The SMILES string of the molecule is CC(C)NC(=O)CCCC(=O)NC(C)(CN)C(C)C.Cl. The first-order chi connectivity index (χ1) is 8.71. The molecule has 2 amide bonds. The fraction of sp³-hybridized carbons (Fsp3) is 0.857. The zero-order valence-electron chi connectivity index (χ0n) is 13.3. The molecule has 20 heavy (non-hydrogen) atoms. The van der Waals surface area contributed by atoms with Crippen molar-refractivity contribution in [3.8, 4) is 0 Å². The first kappa shape index (κ1) is 21.5. The first-order valence-corrected chi connectivity index (χ1v) is 7.01. The summed E-state index contributed by atoms with van der Waals surface area (Å²) in [5.41, 5.74) is 5.33. The second-order valence-corrected chi connectivity index (χ2v) is 5.90. The molecule has 0 aromatic rings. The molecule has 0 rings (SSSR count). The molecule has 6 heteroatoms. The van der Waals surface area contributed by atoms with Gasteiger partial charge in [-0.05, 0) is 33.1 Å². The van der Waals surface area contributed by atoms with Crippen LogP contribution >= 0.6 is 12.4 Å². The molecular weight excluding hydrogens is 278 g/mol. The van der Waals surface area contributed by atoms with Gasteiger partial charge in [0.25, 0.3) is 0 Å². The van der Waals surface area contributed by atoms with Crippen LogP contribution < -0.4 is 16.4 Å². The van der Waals surface area contributed by atoms with E-state index in [1.54, 1.807) is 0 Å². The quantitative estimate of drug-likeness (QED) is 0.637. The molecule has 0 heterocycles. The predicted molar refractivity (Wildman–Crippen MR) is 84.8 cm³/mol. The second-order valence-electron chi connectivity index (χ2n) is 5.90. The van der Waals surface area contributed by atoms with E-state index in [1.807, 2.05) is 34.6 Å². The van der Waals surface area contributed by atoms with E-state index in [0.717, 1.165) is 0 Å². The van der Waals surface area contributed by atoms with Gasteiger partial charge in [0.1, 0.15) is 0 Å².